The summed E-state index contributed by atoms with van der Waals surface area (Å²) in [4.78, 5) is 14.0. The topological polar surface area (TPSA) is 41.6 Å². The van der Waals surface area contributed by atoms with Gasteiger partial charge in [0.15, 0.2) is 0 Å². The second-order valence-corrected chi connectivity index (χ2v) is 5.95. The number of anilines is 1. The molecule has 4 heteroatoms. The molecule has 0 atom stereocenters. The number of ether oxygens (including phenoxy) is 1. The van der Waals surface area contributed by atoms with Gasteiger partial charge in [0.2, 0.25) is 5.91 Å². The lowest BCUT2D eigenvalue weighted by Gasteiger charge is -2.30. The summed E-state index contributed by atoms with van der Waals surface area (Å²) >= 11 is 0. The van der Waals surface area contributed by atoms with Gasteiger partial charge < -0.3 is 15.0 Å². The molecule has 4 nitrogen and oxygen atoms in total. The van der Waals surface area contributed by atoms with E-state index in [4.69, 9.17) is 4.74 Å². The molecule has 2 heterocycles. The van der Waals surface area contributed by atoms with Gasteiger partial charge in [-0.15, -0.1) is 0 Å². The molecular weight excluding hydrogens is 264 g/mol. The number of nitrogens with one attached hydrogen (secondary N) is 1. The first-order valence-corrected chi connectivity index (χ1v) is 8.04. The van der Waals surface area contributed by atoms with E-state index in [0.717, 1.165) is 36.9 Å². The maximum Gasteiger partial charge on any atom is 0.226 e. The first-order chi connectivity index (χ1) is 10.3. The Morgan fingerprint density at radius 3 is 2.95 bits per heavy atom. The monoisotopic (exact) mass is 288 g/mol. The number of rotatable bonds is 3. The summed E-state index contributed by atoms with van der Waals surface area (Å²) in [5.41, 5.74) is 2.28. The van der Waals surface area contributed by atoms with Crippen molar-refractivity contribution in [1.82, 2.24) is 5.32 Å². The van der Waals surface area contributed by atoms with Gasteiger partial charge in [0.25, 0.3) is 0 Å². The van der Waals surface area contributed by atoms with Crippen LogP contribution in [0.25, 0.3) is 0 Å². The van der Waals surface area contributed by atoms with Gasteiger partial charge in [0.05, 0.1) is 12.2 Å². The molecule has 0 aromatic heterocycles. The Bertz CT molecular complexity index is 510. The van der Waals surface area contributed by atoms with Crippen molar-refractivity contribution in [3.8, 4) is 5.75 Å². The average molecular weight is 288 g/mol. The molecule has 0 bridgehead atoms. The zero-order chi connectivity index (χ0) is 14.7. The Morgan fingerprint density at radius 1 is 1.38 bits per heavy atom. The first kappa shape index (κ1) is 14.4. The Balaban J connectivity index is 1.79. The molecule has 1 saturated heterocycles. The molecule has 2 aliphatic rings. The van der Waals surface area contributed by atoms with Crippen LogP contribution in [0.3, 0.4) is 0 Å². The van der Waals surface area contributed by atoms with Crippen molar-refractivity contribution in [1.29, 1.82) is 0 Å². The van der Waals surface area contributed by atoms with Crippen LogP contribution in [0, 0.1) is 5.92 Å². The van der Waals surface area contributed by atoms with Crippen LogP contribution in [0.2, 0.25) is 0 Å². The third kappa shape index (κ3) is 3.21. The highest BCUT2D eigenvalue weighted by Crippen LogP contribution is 2.34. The predicted molar refractivity (Wildman–Crippen MR) is 83.9 cm³/mol. The van der Waals surface area contributed by atoms with Crippen molar-refractivity contribution >= 4 is 11.6 Å². The van der Waals surface area contributed by atoms with Gasteiger partial charge in [0, 0.05) is 6.42 Å². The molecule has 0 spiro atoms. The summed E-state index contributed by atoms with van der Waals surface area (Å²) < 4.78 is 5.69. The highest BCUT2D eigenvalue weighted by Gasteiger charge is 2.23. The van der Waals surface area contributed by atoms with E-state index >= 15 is 0 Å². The predicted octanol–water partition coefficient (Wildman–Crippen LogP) is 2.36. The van der Waals surface area contributed by atoms with Gasteiger partial charge in [0.1, 0.15) is 12.4 Å². The fraction of sp³-hybridized carbons (Fsp3) is 0.588. The number of piperidine rings is 1. The minimum atomic E-state index is 0.179. The van der Waals surface area contributed by atoms with Crippen LogP contribution >= 0.6 is 0 Å². The number of benzene rings is 1. The summed E-state index contributed by atoms with van der Waals surface area (Å²) in [6.07, 6.45) is 4.12. The molecule has 0 unspecified atom stereocenters. The van der Waals surface area contributed by atoms with Gasteiger partial charge in [-0.1, -0.05) is 13.0 Å². The largest absolute Gasteiger partial charge is 0.490 e. The van der Waals surface area contributed by atoms with Crippen LogP contribution in [-0.4, -0.2) is 32.1 Å². The number of fused-ring (bicyclic) bond motifs is 1. The maximum atomic E-state index is 12.1. The SMILES string of the molecule is CCC(=O)N1CCOc2ccc(CC3CCNCC3)cc21. The van der Waals surface area contributed by atoms with Gasteiger partial charge in [-0.2, -0.15) is 0 Å². The Morgan fingerprint density at radius 2 is 2.19 bits per heavy atom. The minimum Gasteiger partial charge on any atom is -0.490 e. The van der Waals surface area contributed by atoms with Crippen molar-refractivity contribution in [3.05, 3.63) is 23.8 Å². The van der Waals surface area contributed by atoms with Crippen LogP contribution in [0.5, 0.6) is 5.75 Å². The van der Waals surface area contributed by atoms with Crippen molar-refractivity contribution < 1.29 is 9.53 Å². The molecule has 114 valence electrons. The Labute approximate surface area is 126 Å². The average Bonchev–Trinajstić information content (AvgIpc) is 2.54. The van der Waals surface area contributed by atoms with Crippen molar-refractivity contribution in [2.45, 2.75) is 32.6 Å². The molecule has 1 aromatic carbocycles. The number of amides is 1. The molecule has 0 aliphatic carbocycles. The molecule has 0 radical (unpaired) electrons. The fourth-order valence-corrected chi connectivity index (χ4v) is 3.26. The number of carbonyl (C=O) groups is 1. The Kier molecular flexibility index (Phi) is 4.44. The zero-order valence-electron chi connectivity index (χ0n) is 12.7. The van der Waals surface area contributed by atoms with E-state index in [0.29, 0.717) is 19.6 Å². The smallest absolute Gasteiger partial charge is 0.226 e. The van der Waals surface area contributed by atoms with E-state index in [1.165, 1.54) is 18.4 Å². The molecule has 0 saturated carbocycles. The van der Waals surface area contributed by atoms with E-state index in [-0.39, 0.29) is 5.91 Å². The van der Waals surface area contributed by atoms with E-state index in [1.54, 1.807) is 0 Å². The third-order valence-electron chi connectivity index (χ3n) is 4.47. The molecule has 1 N–H and O–H groups in total. The molecule has 21 heavy (non-hydrogen) atoms. The van der Waals surface area contributed by atoms with E-state index in [1.807, 2.05) is 17.9 Å². The summed E-state index contributed by atoms with van der Waals surface area (Å²) in [6.45, 7) is 5.41. The minimum absolute atomic E-state index is 0.179. The lowest BCUT2D eigenvalue weighted by atomic mass is 9.90. The van der Waals surface area contributed by atoms with E-state index < -0.39 is 0 Å². The number of hydrogen-bond donors (Lipinski definition) is 1. The molecule has 2 aliphatic heterocycles. The lowest BCUT2D eigenvalue weighted by molar-refractivity contribution is -0.118. The Hall–Kier alpha value is -1.55. The molecule has 1 fully saturated rings. The summed E-state index contributed by atoms with van der Waals surface area (Å²) in [6, 6.07) is 6.34. The number of carbonyl (C=O) groups excluding carboxylic acids is 1. The highest BCUT2D eigenvalue weighted by atomic mass is 16.5. The van der Waals surface area contributed by atoms with E-state index in [9.17, 15) is 4.79 Å². The number of nitrogens with zero attached hydrogens (tertiary/aromatic N) is 1. The molecule has 1 amide bonds. The normalized spacial score (nSPS) is 19.0. The van der Waals surface area contributed by atoms with Gasteiger partial charge in [-0.25, -0.2) is 0 Å². The lowest BCUT2D eigenvalue weighted by Crippen LogP contribution is -2.37. The quantitative estimate of drug-likeness (QED) is 0.928. The fourth-order valence-electron chi connectivity index (χ4n) is 3.26. The first-order valence-electron chi connectivity index (χ1n) is 8.04. The second kappa shape index (κ2) is 6.48. The maximum absolute atomic E-state index is 12.1. The van der Waals surface area contributed by atoms with Crippen LogP contribution in [-0.2, 0) is 11.2 Å². The third-order valence-corrected chi connectivity index (χ3v) is 4.47. The molecule has 1 aromatic rings. The molecular formula is C17H24N2O2. The highest BCUT2D eigenvalue weighted by molar-refractivity contribution is 5.95. The van der Waals surface area contributed by atoms with Gasteiger partial charge >= 0.3 is 0 Å². The van der Waals surface area contributed by atoms with Crippen LogP contribution < -0.4 is 15.0 Å². The summed E-state index contributed by atoms with van der Waals surface area (Å²) in [5.74, 6) is 1.78. The standard InChI is InChI=1S/C17H24N2O2/c1-2-17(20)19-9-10-21-16-4-3-14(12-15(16)19)11-13-5-7-18-8-6-13/h3-4,12-13,18H,2,5-11H2,1H3. The van der Waals surface area contributed by atoms with Crippen molar-refractivity contribution in [3.63, 3.8) is 0 Å². The van der Waals surface area contributed by atoms with Gasteiger partial charge in [-0.3, -0.25) is 4.79 Å². The number of hydrogen-bond acceptors (Lipinski definition) is 3. The summed E-state index contributed by atoms with van der Waals surface area (Å²) in [5, 5.41) is 3.41. The molecule has 3 rings (SSSR count). The van der Waals surface area contributed by atoms with Crippen molar-refractivity contribution in [2.75, 3.05) is 31.1 Å². The van der Waals surface area contributed by atoms with Gasteiger partial charge in [-0.05, 0) is 56.0 Å². The van der Waals surface area contributed by atoms with Crippen molar-refractivity contribution in [2.24, 2.45) is 5.92 Å². The van der Waals surface area contributed by atoms with E-state index in [2.05, 4.69) is 17.4 Å². The second-order valence-electron chi connectivity index (χ2n) is 5.95. The van der Waals surface area contributed by atoms with Crippen LogP contribution in [0.1, 0.15) is 31.7 Å². The zero-order valence-corrected chi connectivity index (χ0v) is 12.7. The summed E-state index contributed by atoms with van der Waals surface area (Å²) in [7, 11) is 0. The van der Waals surface area contributed by atoms with Crippen LogP contribution in [0.15, 0.2) is 18.2 Å². The van der Waals surface area contributed by atoms with Crippen LogP contribution in [0.4, 0.5) is 5.69 Å².